The summed E-state index contributed by atoms with van der Waals surface area (Å²) in [6.45, 7) is 0. The number of ketones is 1. The Labute approximate surface area is 61.1 Å². The fourth-order valence-corrected chi connectivity index (χ4v) is 2.03. The van der Waals surface area contributed by atoms with Gasteiger partial charge in [0.2, 0.25) is 0 Å². The fourth-order valence-electron chi connectivity index (χ4n) is 2.03. The molecule has 1 fully saturated rings. The standard InChI is InChI=1S/C9H12O/c10-9-5-4-7-2-1-3-8(9)6-7/h4-5,7-8H,1-3,6H2/t7-,8-/m0/s1. The normalized spacial score (nSPS) is 38.2. The molecule has 2 rings (SSSR count). The van der Waals surface area contributed by atoms with E-state index >= 15 is 0 Å². The predicted molar refractivity (Wildman–Crippen MR) is 39.6 cm³/mol. The van der Waals surface area contributed by atoms with Crippen LogP contribution in [0.5, 0.6) is 0 Å². The Morgan fingerprint density at radius 2 is 2.30 bits per heavy atom. The van der Waals surface area contributed by atoms with Crippen molar-refractivity contribution in [3.63, 3.8) is 0 Å². The van der Waals surface area contributed by atoms with E-state index in [1.807, 2.05) is 0 Å². The quantitative estimate of drug-likeness (QED) is 0.497. The third-order valence-corrected chi connectivity index (χ3v) is 2.65. The Bertz CT molecular complexity index is 181. The molecule has 2 aliphatic rings. The Balaban J connectivity index is 2.21. The minimum atomic E-state index is 0.371. The first-order chi connectivity index (χ1) is 4.86. The van der Waals surface area contributed by atoms with E-state index in [-0.39, 0.29) is 0 Å². The van der Waals surface area contributed by atoms with Crippen molar-refractivity contribution in [2.45, 2.75) is 25.7 Å². The molecule has 0 aromatic rings. The third-order valence-electron chi connectivity index (χ3n) is 2.65. The molecule has 2 atom stereocenters. The van der Waals surface area contributed by atoms with Crippen LogP contribution in [-0.2, 0) is 4.79 Å². The van der Waals surface area contributed by atoms with E-state index in [0.717, 1.165) is 18.8 Å². The summed E-state index contributed by atoms with van der Waals surface area (Å²) in [7, 11) is 0. The molecule has 1 nitrogen and oxygen atoms in total. The van der Waals surface area contributed by atoms with Gasteiger partial charge in [0.25, 0.3) is 0 Å². The zero-order valence-electron chi connectivity index (χ0n) is 6.05. The molecule has 0 N–H and O–H groups in total. The number of hydrogen-bond acceptors (Lipinski definition) is 1. The van der Waals surface area contributed by atoms with Gasteiger partial charge in [-0.3, -0.25) is 4.79 Å². The molecule has 54 valence electrons. The summed E-state index contributed by atoms with van der Waals surface area (Å²) in [6, 6.07) is 0. The van der Waals surface area contributed by atoms with Gasteiger partial charge < -0.3 is 0 Å². The molecule has 2 bridgehead atoms. The van der Waals surface area contributed by atoms with E-state index in [1.165, 1.54) is 12.8 Å². The van der Waals surface area contributed by atoms with Gasteiger partial charge in [0, 0.05) is 5.92 Å². The Morgan fingerprint density at radius 3 is 3.10 bits per heavy atom. The van der Waals surface area contributed by atoms with E-state index in [2.05, 4.69) is 6.08 Å². The minimum absolute atomic E-state index is 0.371. The predicted octanol–water partition coefficient (Wildman–Crippen LogP) is 1.93. The van der Waals surface area contributed by atoms with Crippen LogP contribution in [0.3, 0.4) is 0 Å². The minimum Gasteiger partial charge on any atom is -0.295 e. The number of carbonyl (C=O) groups is 1. The van der Waals surface area contributed by atoms with Gasteiger partial charge in [0.1, 0.15) is 0 Å². The lowest BCUT2D eigenvalue weighted by Crippen LogP contribution is -2.24. The average Bonchev–Trinajstić information content (AvgIpc) is 1.99. The molecule has 0 aromatic carbocycles. The Kier molecular flexibility index (Phi) is 1.37. The van der Waals surface area contributed by atoms with E-state index in [4.69, 9.17) is 0 Å². The van der Waals surface area contributed by atoms with Crippen LogP contribution < -0.4 is 0 Å². The maximum atomic E-state index is 11.1. The molecule has 0 amide bonds. The van der Waals surface area contributed by atoms with Gasteiger partial charge in [-0.15, -0.1) is 0 Å². The molecule has 0 aromatic heterocycles. The van der Waals surface area contributed by atoms with Crippen LogP contribution in [0.25, 0.3) is 0 Å². The van der Waals surface area contributed by atoms with E-state index in [1.54, 1.807) is 6.08 Å². The fraction of sp³-hybridized carbons (Fsp3) is 0.667. The molecular formula is C9H12O. The topological polar surface area (TPSA) is 17.1 Å². The highest BCUT2D eigenvalue weighted by atomic mass is 16.1. The number of fused-ring (bicyclic) bond motifs is 2. The van der Waals surface area contributed by atoms with Crippen molar-refractivity contribution in [2.75, 3.05) is 0 Å². The van der Waals surface area contributed by atoms with Crippen molar-refractivity contribution < 1.29 is 4.79 Å². The molecule has 0 unspecified atom stereocenters. The summed E-state index contributed by atoms with van der Waals surface area (Å²) in [4.78, 5) is 11.1. The summed E-state index contributed by atoms with van der Waals surface area (Å²) in [5.41, 5.74) is 0. The second-order valence-electron chi connectivity index (χ2n) is 3.39. The van der Waals surface area contributed by atoms with E-state index in [9.17, 15) is 4.79 Å². The Hall–Kier alpha value is -0.590. The SMILES string of the molecule is O=C1C=C[C@@H]2CCC[C@H]1C2. The van der Waals surface area contributed by atoms with Crippen LogP contribution >= 0.6 is 0 Å². The van der Waals surface area contributed by atoms with Gasteiger partial charge >= 0.3 is 0 Å². The zero-order valence-corrected chi connectivity index (χ0v) is 6.05. The molecule has 0 aliphatic heterocycles. The van der Waals surface area contributed by atoms with Crippen LogP contribution in [0.4, 0.5) is 0 Å². The maximum absolute atomic E-state index is 11.1. The number of rotatable bonds is 0. The molecule has 2 aliphatic carbocycles. The van der Waals surface area contributed by atoms with Crippen LogP contribution in [-0.4, -0.2) is 5.78 Å². The lowest BCUT2D eigenvalue weighted by atomic mass is 9.76. The molecular weight excluding hydrogens is 124 g/mol. The van der Waals surface area contributed by atoms with Gasteiger partial charge in [0.05, 0.1) is 0 Å². The first-order valence-electron chi connectivity index (χ1n) is 4.08. The zero-order chi connectivity index (χ0) is 6.97. The monoisotopic (exact) mass is 136 g/mol. The van der Waals surface area contributed by atoms with E-state index in [0.29, 0.717) is 11.7 Å². The second kappa shape index (κ2) is 2.22. The molecule has 0 radical (unpaired) electrons. The van der Waals surface area contributed by atoms with Gasteiger partial charge in [-0.2, -0.15) is 0 Å². The summed E-state index contributed by atoms with van der Waals surface area (Å²) < 4.78 is 0. The lowest BCUT2D eigenvalue weighted by molar-refractivity contribution is -0.120. The summed E-state index contributed by atoms with van der Waals surface area (Å²) in [5, 5.41) is 0. The van der Waals surface area contributed by atoms with Gasteiger partial charge in [-0.05, 0) is 31.3 Å². The molecule has 10 heavy (non-hydrogen) atoms. The highest BCUT2D eigenvalue weighted by molar-refractivity contribution is 5.92. The lowest BCUT2D eigenvalue weighted by Gasteiger charge is -2.28. The van der Waals surface area contributed by atoms with Crippen molar-refractivity contribution >= 4 is 5.78 Å². The third kappa shape index (κ3) is 0.898. The Morgan fingerprint density at radius 1 is 1.40 bits per heavy atom. The average molecular weight is 136 g/mol. The first-order valence-corrected chi connectivity index (χ1v) is 4.08. The summed E-state index contributed by atoms with van der Waals surface area (Å²) in [5.74, 6) is 1.50. The van der Waals surface area contributed by atoms with Crippen LogP contribution in [0.2, 0.25) is 0 Å². The van der Waals surface area contributed by atoms with Crippen molar-refractivity contribution in [3.8, 4) is 0 Å². The van der Waals surface area contributed by atoms with Gasteiger partial charge in [-0.25, -0.2) is 0 Å². The highest BCUT2D eigenvalue weighted by Crippen LogP contribution is 2.33. The molecule has 0 saturated heterocycles. The van der Waals surface area contributed by atoms with Crippen molar-refractivity contribution in [1.29, 1.82) is 0 Å². The largest absolute Gasteiger partial charge is 0.295 e. The number of allylic oxidation sites excluding steroid dienone is 2. The molecule has 1 heteroatoms. The smallest absolute Gasteiger partial charge is 0.158 e. The van der Waals surface area contributed by atoms with Gasteiger partial charge in [-0.1, -0.05) is 12.5 Å². The number of hydrogen-bond donors (Lipinski definition) is 0. The second-order valence-corrected chi connectivity index (χ2v) is 3.39. The molecule has 1 saturated carbocycles. The molecule has 0 spiro atoms. The van der Waals surface area contributed by atoms with Crippen LogP contribution in [0.1, 0.15) is 25.7 Å². The van der Waals surface area contributed by atoms with Crippen LogP contribution in [0, 0.1) is 11.8 Å². The highest BCUT2D eigenvalue weighted by Gasteiger charge is 2.27. The first kappa shape index (κ1) is 6.14. The van der Waals surface area contributed by atoms with Crippen molar-refractivity contribution in [1.82, 2.24) is 0 Å². The van der Waals surface area contributed by atoms with E-state index < -0.39 is 0 Å². The summed E-state index contributed by atoms with van der Waals surface area (Å²) in [6.07, 6.45) is 8.72. The maximum Gasteiger partial charge on any atom is 0.158 e. The van der Waals surface area contributed by atoms with Crippen LogP contribution in [0.15, 0.2) is 12.2 Å². The van der Waals surface area contributed by atoms with Crippen molar-refractivity contribution in [3.05, 3.63) is 12.2 Å². The van der Waals surface area contributed by atoms with Crippen molar-refractivity contribution in [2.24, 2.45) is 11.8 Å². The summed E-state index contributed by atoms with van der Waals surface area (Å²) >= 11 is 0. The van der Waals surface area contributed by atoms with Gasteiger partial charge in [0.15, 0.2) is 5.78 Å². The molecule has 0 heterocycles. The number of carbonyl (C=O) groups excluding carboxylic acids is 1.